The molecule has 0 atom stereocenters. The summed E-state index contributed by atoms with van der Waals surface area (Å²) in [4.78, 5) is 4.43. The van der Waals surface area contributed by atoms with Crippen LogP contribution in [0.5, 0.6) is 0 Å². The van der Waals surface area contributed by atoms with Gasteiger partial charge in [0.05, 0.1) is 28.9 Å². The molecule has 0 N–H and O–H groups in total. The van der Waals surface area contributed by atoms with Crippen LogP contribution in [0.25, 0.3) is 11.0 Å². The third-order valence-electron chi connectivity index (χ3n) is 3.41. The van der Waals surface area contributed by atoms with Crippen molar-refractivity contribution in [3.8, 4) is 0 Å². The maximum atomic E-state index is 12.1. The summed E-state index contributed by atoms with van der Waals surface area (Å²) in [6.07, 6.45) is 1.69. The third kappa shape index (κ3) is 3.03. The van der Waals surface area contributed by atoms with Crippen LogP contribution in [0, 0.1) is 6.92 Å². The molecule has 5 nitrogen and oxygen atoms in total. The van der Waals surface area contributed by atoms with Crippen molar-refractivity contribution in [2.75, 3.05) is 6.61 Å². The summed E-state index contributed by atoms with van der Waals surface area (Å²) in [5.74, 6) is 0. The van der Waals surface area contributed by atoms with E-state index < -0.39 is 10.1 Å². The van der Waals surface area contributed by atoms with Gasteiger partial charge in [-0.1, -0.05) is 29.8 Å². The molecule has 0 spiro atoms. The summed E-state index contributed by atoms with van der Waals surface area (Å²) in [6.45, 7) is 2.39. The summed E-state index contributed by atoms with van der Waals surface area (Å²) >= 11 is 0. The van der Waals surface area contributed by atoms with Crippen LogP contribution in [0.1, 0.15) is 5.56 Å². The van der Waals surface area contributed by atoms with Gasteiger partial charge in [-0.2, -0.15) is 8.42 Å². The summed E-state index contributed by atoms with van der Waals surface area (Å²) in [5.41, 5.74) is 2.84. The number of aryl methyl sites for hydroxylation is 1. The molecular weight excluding hydrogens is 300 g/mol. The first kappa shape index (κ1) is 14.7. The van der Waals surface area contributed by atoms with Crippen LogP contribution in [-0.4, -0.2) is 24.6 Å². The van der Waals surface area contributed by atoms with Gasteiger partial charge in [-0.3, -0.25) is 4.18 Å². The van der Waals surface area contributed by atoms with E-state index in [1.54, 1.807) is 30.6 Å². The normalized spacial score (nSPS) is 11.9. The molecule has 0 saturated carbocycles. The molecule has 0 bridgehead atoms. The number of fused-ring (bicyclic) bond motifs is 1. The molecule has 0 amide bonds. The van der Waals surface area contributed by atoms with E-state index in [4.69, 9.17) is 4.18 Å². The van der Waals surface area contributed by atoms with Crippen LogP contribution in [0.15, 0.2) is 59.8 Å². The number of para-hydroxylation sites is 2. The Kier molecular flexibility index (Phi) is 3.96. The Labute approximate surface area is 129 Å². The standard InChI is InChI=1S/C16H16N2O3S/c1-13-6-8-14(9-7-13)22(19,20)21-11-10-18-12-17-15-4-2-3-5-16(15)18/h2-9,12H,10-11H2,1H3. The smallest absolute Gasteiger partial charge is 0.297 e. The van der Waals surface area contributed by atoms with Gasteiger partial charge in [-0.25, -0.2) is 4.98 Å². The Hall–Kier alpha value is -2.18. The van der Waals surface area contributed by atoms with E-state index in [9.17, 15) is 8.42 Å². The minimum absolute atomic E-state index is 0.0660. The van der Waals surface area contributed by atoms with Crippen molar-refractivity contribution < 1.29 is 12.6 Å². The highest BCUT2D eigenvalue weighted by Gasteiger charge is 2.14. The molecule has 0 saturated heterocycles. The van der Waals surface area contributed by atoms with Crippen LogP contribution >= 0.6 is 0 Å². The van der Waals surface area contributed by atoms with Gasteiger partial charge in [-0.05, 0) is 31.2 Å². The summed E-state index contributed by atoms with van der Waals surface area (Å²) in [7, 11) is -3.72. The molecule has 1 heterocycles. The highest BCUT2D eigenvalue weighted by Crippen LogP contribution is 2.15. The summed E-state index contributed by atoms with van der Waals surface area (Å²) in [6, 6.07) is 14.3. The Morgan fingerprint density at radius 3 is 2.59 bits per heavy atom. The number of rotatable bonds is 5. The zero-order valence-electron chi connectivity index (χ0n) is 12.1. The van der Waals surface area contributed by atoms with Crippen LogP contribution < -0.4 is 0 Å². The first-order chi connectivity index (χ1) is 10.6. The molecule has 2 aromatic carbocycles. The summed E-state index contributed by atoms with van der Waals surface area (Å²) in [5, 5.41) is 0. The lowest BCUT2D eigenvalue weighted by Crippen LogP contribution is -2.11. The molecule has 0 unspecified atom stereocenters. The van der Waals surface area contributed by atoms with Gasteiger partial charge in [0.2, 0.25) is 0 Å². The predicted octanol–water partition coefficient (Wildman–Crippen LogP) is 2.75. The lowest BCUT2D eigenvalue weighted by molar-refractivity contribution is 0.302. The molecule has 0 aliphatic carbocycles. The second kappa shape index (κ2) is 5.90. The average molecular weight is 316 g/mol. The number of nitrogens with zero attached hydrogens (tertiary/aromatic N) is 2. The monoisotopic (exact) mass is 316 g/mol. The Morgan fingerprint density at radius 1 is 1.09 bits per heavy atom. The predicted molar refractivity (Wildman–Crippen MR) is 84.0 cm³/mol. The minimum Gasteiger partial charge on any atom is -0.328 e. The highest BCUT2D eigenvalue weighted by molar-refractivity contribution is 7.86. The van der Waals surface area contributed by atoms with E-state index in [1.807, 2.05) is 35.8 Å². The maximum Gasteiger partial charge on any atom is 0.297 e. The van der Waals surface area contributed by atoms with Gasteiger partial charge in [0.15, 0.2) is 0 Å². The largest absolute Gasteiger partial charge is 0.328 e. The molecule has 114 valence electrons. The fourth-order valence-electron chi connectivity index (χ4n) is 2.21. The molecule has 0 radical (unpaired) electrons. The molecule has 0 aliphatic heterocycles. The van der Waals surface area contributed by atoms with E-state index in [-0.39, 0.29) is 11.5 Å². The van der Waals surface area contributed by atoms with E-state index in [0.717, 1.165) is 16.6 Å². The van der Waals surface area contributed by atoms with Gasteiger partial charge in [0, 0.05) is 6.54 Å². The van der Waals surface area contributed by atoms with E-state index in [0.29, 0.717) is 6.54 Å². The van der Waals surface area contributed by atoms with Gasteiger partial charge in [0.1, 0.15) is 0 Å². The van der Waals surface area contributed by atoms with Gasteiger partial charge in [0.25, 0.3) is 10.1 Å². The van der Waals surface area contributed by atoms with Gasteiger partial charge in [-0.15, -0.1) is 0 Å². The van der Waals surface area contributed by atoms with Crippen LogP contribution in [0.3, 0.4) is 0 Å². The van der Waals surface area contributed by atoms with E-state index >= 15 is 0 Å². The number of aromatic nitrogens is 2. The number of hydrogen-bond acceptors (Lipinski definition) is 4. The topological polar surface area (TPSA) is 61.2 Å². The number of hydrogen-bond donors (Lipinski definition) is 0. The Morgan fingerprint density at radius 2 is 1.82 bits per heavy atom. The first-order valence-electron chi connectivity index (χ1n) is 6.92. The molecule has 3 rings (SSSR count). The SMILES string of the molecule is Cc1ccc(S(=O)(=O)OCCn2cnc3ccccc32)cc1. The van der Waals surface area contributed by atoms with Crippen molar-refractivity contribution in [1.82, 2.24) is 9.55 Å². The molecule has 3 aromatic rings. The minimum atomic E-state index is -3.72. The van der Waals surface area contributed by atoms with Crippen molar-refractivity contribution in [2.45, 2.75) is 18.4 Å². The fourth-order valence-corrected chi connectivity index (χ4v) is 3.11. The zero-order chi connectivity index (χ0) is 15.6. The Balaban J connectivity index is 1.68. The zero-order valence-corrected chi connectivity index (χ0v) is 13.0. The van der Waals surface area contributed by atoms with Crippen molar-refractivity contribution in [1.29, 1.82) is 0 Å². The van der Waals surface area contributed by atoms with Crippen LogP contribution in [0.4, 0.5) is 0 Å². The highest BCUT2D eigenvalue weighted by atomic mass is 32.2. The van der Waals surface area contributed by atoms with Crippen LogP contribution in [-0.2, 0) is 20.8 Å². The molecule has 0 aliphatic rings. The van der Waals surface area contributed by atoms with E-state index in [2.05, 4.69) is 4.98 Å². The first-order valence-corrected chi connectivity index (χ1v) is 8.33. The van der Waals surface area contributed by atoms with Crippen molar-refractivity contribution in [2.24, 2.45) is 0 Å². The van der Waals surface area contributed by atoms with Crippen molar-refractivity contribution in [3.05, 3.63) is 60.4 Å². The van der Waals surface area contributed by atoms with Gasteiger partial charge >= 0.3 is 0 Å². The van der Waals surface area contributed by atoms with E-state index in [1.165, 1.54) is 0 Å². The lowest BCUT2D eigenvalue weighted by Gasteiger charge is -2.07. The summed E-state index contributed by atoms with van der Waals surface area (Å²) < 4.78 is 31.2. The van der Waals surface area contributed by atoms with Crippen LogP contribution in [0.2, 0.25) is 0 Å². The molecule has 6 heteroatoms. The molecule has 0 fully saturated rings. The Bertz CT molecular complexity index is 883. The lowest BCUT2D eigenvalue weighted by atomic mass is 10.2. The molecule has 1 aromatic heterocycles. The quantitative estimate of drug-likeness (QED) is 0.679. The second-order valence-corrected chi connectivity index (χ2v) is 6.63. The molecule has 22 heavy (non-hydrogen) atoms. The van der Waals surface area contributed by atoms with Crippen molar-refractivity contribution >= 4 is 21.2 Å². The third-order valence-corrected chi connectivity index (χ3v) is 4.73. The number of imidazole rings is 1. The average Bonchev–Trinajstić information content (AvgIpc) is 2.91. The second-order valence-electron chi connectivity index (χ2n) is 5.02. The van der Waals surface area contributed by atoms with Gasteiger partial charge < -0.3 is 4.57 Å². The van der Waals surface area contributed by atoms with Crippen molar-refractivity contribution in [3.63, 3.8) is 0 Å². The molecular formula is C16H16N2O3S. The number of benzene rings is 2. The maximum absolute atomic E-state index is 12.1. The fraction of sp³-hybridized carbons (Fsp3) is 0.188.